The SMILES string of the molecule is CC(C)(Br)C(=O)C1CCCN(c2ccccc2)C1=O. The Morgan fingerprint density at radius 3 is 2.53 bits per heavy atom. The van der Waals surface area contributed by atoms with E-state index in [2.05, 4.69) is 15.9 Å². The van der Waals surface area contributed by atoms with Gasteiger partial charge in [-0.05, 0) is 38.8 Å². The molecule has 1 aromatic carbocycles. The molecule has 0 bridgehead atoms. The Kier molecular flexibility index (Phi) is 4.09. The number of amides is 1. The van der Waals surface area contributed by atoms with Crippen molar-refractivity contribution in [3.05, 3.63) is 30.3 Å². The van der Waals surface area contributed by atoms with Crippen molar-refractivity contribution in [1.82, 2.24) is 0 Å². The maximum atomic E-state index is 12.5. The van der Waals surface area contributed by atoms with Crippen LogP contribution in [0.15, 0.2) is 30.3 Å². The van der Waals surface area contributed by atoms with Gasteiger partial charge in [-0.2, -0.15) is 0 Å². The lowest BCUT2D eigenvalue weighted by molar-refractivity contribution is -0.134. The van der Waals surface area contributed by atoms with Crippen LogP contribution >= 0.6 is 15.9 Å². The molecule has 1 atom stereocenters. The molecule has 0 aliphatic carbocycles. The third-order valence-corrected chi connectivity index (χ3v) is 3.80. The van der Waals surface area contributed by atoms with E-state index in [-0.39, 0.29) is 11.7 Å². The van der Waals surface area contributed by atoms with E-state index in [1.54, 1.807) is 18.7 Å². The summed E-state index contributed by atoms with van der Waals surface area (Å²) in [7, 11) is 0. The Balaban J connectivity index is 2.22. The van der Waals surface area contributed by atoms with Crippen molar-refractivity contribution >= 4 is 33.3 Å². The first-order valence-corrected chi connectivity index (χ1v) is 7.30. The van der Waals surface area contributed by atoms with Crippen LogP contribution in [-0.2, 0) is 9.59 Å². The Morgan fingerprint density at radius 1 is 1.32 bits per heavy atom. The van der Waals surface area contributed by atoms with Gasteiger partial charge >= 0.3 is 0 Å². The summed E-state index contributed by atoms with van der Waals surface area (Å²) in [5.41, 5.74) is 0.873. The summed E-state index contributed by atoms with van der Waals surface area (Å²) in [6, 6.07) is 9.54. The summed E-state index contributed by atoms with van der Waals surface area (Å²) >= 11 is 3.36. The number of alkyl halides is 1. The van der Waals surface area contributed by atoms with Crippen molar-refractivity contribution in [2.24, 2.45) is 5.92 Å². The van der Waals surface area contributed by atoms with Crippen LogP contribution in [0.5, 0.6) is 0 Å². The van der Waals surface area contributed by atoms with Crippen LogP contribution in [0.2, 0.25) is 0 Å². The minimum atomic E-state index is -0.646. The fourth-order valence-electron chi connectivity index (χ4n) is 2.40. The molecule has 1 amide bonds. The molecule has 0 aromatic heterocycles. The number of rotatable bonds is 3. The number of nitrogens with zero attached hydrogens (tertiary/aromatic N) is 1. The molecule has 0 N–H and O–H groups in total. The molecule has 3 nitrogen and oxygen atoms in total. The molecule has 1 unspecified atom stereocenters. The Labute approximate surface area is 122 Å². The molecule has 1 aromatic rings. The van der Waals surface area contributed by atoms with Gasteiger partial charge in [0.05, 0.1) is 10.2 Å². The van der Waals surface area contributed by atoms with E-state index in [0.29, 0.717) is 13.0 Å². The van der Waals surface area contributed by atoms with Crippen LogP contribution in [0.3, 0.4) is 0 Å². The fourth-order valence-corrected chi connectivity index (χ4v) is 2.67. The second-order valence-electron chi connectivity index (χ2n) is 5.36. The molecule has 19 heavy (non-hydrogen) atoms. The monoisotopic (exact) mass is 323 g/mol. The molecule has 4 heteroatoms. The summed E-state index contributed by atoms with van der Waals surface area (Å²) in [5, 5.41) is 0. The summed E-state index contributed by atoms with van der Waals surface area (Å²) < 4.78 is -0.646. The summed E-state index contributed by atoms with van der Waals surface area (Å²) in [4.78, 5) is 26.5. The first kappa shape index (κ1) is 14.3. The van der Waals surface area contributed by atoms with E-state index in [1.165, 1.54) is 0 Å². The number of benzene rings is 1. The van der Waals surface area contributed by atoms with Crippen LogP contribution in [-0.4, -0.2) is 22.6 Å². The zero-order chi connectivity index (χ0) is 14.0. The molecular formula is C15H18BrNO2. The molecule has 1 aliphatic heterocycles. The van der Waals surface area contributed by atoms with E-state index in [9.17, 15) is 9.59 Å². The second-order valence-corrected chi connectivity index (χ2v) is 7.34. The second kappa shape index (κ2) is 5.45. The first-order valence-electron chi connectivity index (χ1n) is 6.51. The van der Waals surface area contributed by atoms with E-state index in [4.69, 9.17) is 0 Å². The number of para-hydroxylation sites is 1. The Hall–Kier alpha value is -1.16. The summed E-state index contributed by atoms with van der Waals surface area (Å²) in [6.45, 7) is 4.28. The number of Topliss-reactive ketones (excluding diaryl/α,β-unsaturated/α-hetero) is 1. The summed E-state index contributed by atoms with van der Waals surface area (Å²) in [6.07, 6.45) is 1.51. The number of carbonyl (C=O) groups excluding carboxylic acids is 2. The Morgan fingerprint density at radius 2 is 1.95 bits per heavy atom. The van der Waals surface area contributed by atoms with E-state index < -0.39 is 10.2 Å². The third kappa shape index (κ3) is 3.06. The van der Waals surface area contributed by atoms with Crippen molar-refractivity contribution in [1.29, 1.82) is 0 Å². The highest BCUT2D eigenvalue weighted by Gasteiger charge is 2.40. The number of anilines is 1. The van der Waals surface area contributed by atoms with E-state index in [1.807, 2.05) is 30.3 Å². The van der Waals surface area contributed by atoms with Gasteiger partial charge in [0.25, 0.3) is 0 Å². The third-order valence-electron chi connectivity index (χ3n) is 3.41. The van der Waals surface area contributed by atoms with Crippen molar-refractivity contribution in [3.8, 4) is 0 Å². The normalized spacial score (nSPS) is 20.5. The van der Waals surface area contributed by atoms with E-state index in [0.717, 1.165) is 12.1 Å². The zero-order valence-electron chi connectivity index (χ0n) is 11.2. The van der Waals surface area contributed by atoms with Crippen molar-refractivity contribution in [3.63, 3.8) is 0 Å². The molecule has 2 rings (SSSR count). The highest BCUT2D eigenvalue weighted by Crippen LogP contribution is 2.30. The first-order chi connectivity index (χ1) is 8.91. The van der Waals surface area contributed by atoms with Gasteiger partial charge in [0.15, 0.2) is 5.78 Å². The highest BCUT2D eigenvalue weighted by molar-refractivity contribution is 9.10. The largest absolute Gasteiger partial charge is 0.312 e. The van der Waals surface area contributed by atoms with Crippen LogP contribution < -0.4 is 4.90 Å². The van der Waals surface area contributed by atoms with Crippen LogP contribution in [0.4, 0.5) is 5.69 Å². The van der Waals surface area contributed by atoms with Gasteiger partial charge in [0, 0.05) is 12.2 Å². The number of halogens is 1. The van der Waals surface area contributed by atoms with Gasteiger partial charge < -0.3 is 4.90 Å². The zero-order valence-corrected chi connectivity index (χ0v) is 12.8. The Bertz CT molecular complexity index is 479. The van der Waals surface area contributed by atoms with Crippen molar-refractivity contribution in [2.75, 3.05) is 11.4 Å². The average molecular weight is 324 g/mol. The number of hydrogen-bond donors (Lipinski definition) is 0. The molecule has 0 spiro atoms. The maximum Gasteiger partial charge on any atom is 0.237 e. The predicted molar refractivity (Wildman–Crippen MR) is 79.5 cm³/mol. The van der Waals surface area contributed by atoms with Crippen LogP contribution in [0.25, 0.3) is 0 Å². The molecule has 0 radical (unpaired) electrons. The topological polar surface area (TPSA) is 37.4 Å². The van der Waals surface area contributed by atoms with Gasteiger partial charge in [0.1, 0.15) is 0 Å². The quantitative estimate of drug-likeness (QED) is 0.633. The number of piperidine rings is 1. The lowest BCUT2D eigenvalue weighted by atomic mass is 9.87. The summed E-state index contributed by atoms with van der Waals surface area (Å²) in [5.74, 6) is -0.628. The molecule has 1 fully saturated rings. The number of ketones is 1. The highest BCUT2D eigenvalue weighted by atomic mass is 79.9. The lowest BCUT2D eigenvalue weighted by Crippen LogP contribution is -2.47. The van der Waals surface area contributed by atoms with Crippen molar-refractivity contribution < 1.29 is 9.59 Å². The molecular weight excluding hydrogens is 306 g/mol. The van der Waals surface area contributed by atoms with Gasteiger partial charge in [-0.3, -0.25) is 9.59 Å². The fraction of sp³-hybridized carbons (Fsp3) is 0.467. The van der Waals surface area contributed by atoms with Crippen LogP contribution in [0.1, 0.15) is 26.7 Å². The molecule has 102 valence electrons. The van der Waals surface area contributed by atoms with Gasteiger partial charge in [-0.25, -0.2) is 0 Å². The maximum absolute atomic E-state index is 12.5. The molecule has 0 saturated carbocycles. The van der Waals surface area contributed by atoms with E-state index >= 15 is 0 Å². The van der Waals surface area contributed by atoms with Gasteiger partial charge in [0.2, 0.25) is 5.91 Å². The predicted octanol–water partition coefficient (Wildman–Crippen LogP) is 3.17. The molecule has 1 aliphatic rings. The van der Waals surface area contributed by atoms with Gasteiger partial charge in [-0.15, -0.1) is 0 Å². The number of carbonyl (C=O) groups is 2. The average Bonchev–Trinajstić information content (AvgIpc) is 2.38. The lowest BCUT2D eigenvalue weighted by Gasteiger charge is -2.33. The molecule has 1 saturated heterocycles. The minimum Gasteiger partial charge on any atom is -0.312 e. The minimum absolute atomic E-state index is 0.0295. The van der Waals surface area contributed by atoms with Crippen molar-refractivity contribution in [2.45, 2.75) is 31.0 Å². The van der Waals surface area contributed by atoms with Gasteiger partial charge in [-0.1, -0.05) is 34.1 Å². The standard InChI is InChI=1S/C15H18BrNO2/c1-15(2,16)13(18)12-9-6-10-17(14(12)19)11-7-4-3-5-8-11/h3-5,7-8,12H,6,9-10H2,1-2H3. The smallest absolute Gasteiger partial charge is 0.237 e. The van der Waals surface area contributed by atoms with Crippen LogP contribution in [0, 0.1) is 5.92 Å². The molecule has 1 heterocycles. The number of hydrogen-bond acceptors (Lipinski definition) is 2.